The normalized spacial score (nSPS) is 40.6. The van der Waals surface area contributed by atoms with Crippen molar-refractivity contribution < 1.29 is 88.1 Å². The summed E-state index contributed by atoms with van der Waals surface area (Å²) >= 11 is 5.46. The summed E-state index contributed by atoms with van der Waals surface area (Å²) < 4.78 is 33.4. The number of hydrogen-bond acceptors (Lipinski definition) is 14. The Morgan fingerprint density at radius 2 is 1.56 bits per heavy atom. The van der Waals surface area contributed by atoms with Crippen molar-refractivity contribution in [2.75, 3.05) is 12.4 Å². The number of hydrogen-bond donors (Lipinski definition) is 4. The second-order valence-corrected chi connectivity index (χ2v) is 22.6. The third-order valence-electron chi connectivity index (χ3n) is 17.4. The maximum absolute atomic E-state index is 14.4. The van der Waals surface area contributed by atoms with Crippen molar-refractivity contribution >= 4 is 29.4 Å². The third kappa shape index (κ3) is 13.6. The molecule has 0 radical (unpaired) electrons. The summed E-state index contributed by atoms with van der Waals surface area (Å²) in [4.78, 5) is 48.2. The Kier molecular flexibility index (Phi) is 22.7. The van der Waals surface area contributed by atoms with Crippen LogP contribution in [0.25, 0.3) is 0 Å². The van der Waals surface area contributed by atoms with Crippen molar-refractivity contribution in [2.24, 2.45) is 52.6 Å². The van der Waals surface area contributed by atoms with Crippen LogP contribution in [0.4, 0.5) is 4.79 Å². The number of ketones is 1. The minimum absolute atomic E-state index is 0. The van der Waals surface area contributed by atoms with Crippen molar-refractivity contribution in [3.8, 4) is 0 Å². The van der Waals surface area contributed by atoms with Crippen LogP contribution in [0, 0.1) is 52.3 Å². The minimum Gasteiger partial charge on any atom is -0.550 e. The number of halogens is 1. The van der Waals surface area contributed by atoms with Crippen LogP contribution in [0.5, 0.6) is 0 Å². The number of rotatable bonds is 16. The fourth-order valence-electron chi connectivity index (χ4n) is 12.4. The number of aliphatic hydroxyl groups is 3. The number of urea groups is 1. The number of amides is 2. The van der Waals surface area contributed by atoms with Crippen LogP contribution >= 0.6 is 11.6 Å². The van der Waals surface area contributed by atoms with Crippen LogP contribution in [0.15, 0.2) is 17.4 Å². The van der Waals surface area contributed by atoms with E-state index in [9.17, 15) is 39.7 Å². The molecule has 2 amide bonds. The summed E-state index contributed by atoms with van der Waals surface area (Å²) in [6, 6.07) is -0.265. The van der Waals surface area contributed by atoms with Crippen LogP contribution in [-0.2, 0) is 33.3 Å². The van der Waals surface area contributed by atoms with Crippen molar-refractivity contribution in [2.45, 2.75) is 238 Å². The van der Waals surface area contributed by atoms with Crippen molar-refractivity contribution in [1.29, 1.82) is 0 Å². The number of ether oxygens (including phenoxy) is 5. The zero-order valence-corrected chi connectivity index (χ0v) is 47.2. The average molecular weight is 1020 g/mol. The number of alkyl halides is 1. The molecule has 5 fully saturated rings. The van der Waals surface area contributed by atoms with Crippen LogP contribution in [0.2, 0.25) is 0 Å². The second kappa shape index (κ2) is 26.0. The smallest absolute Gasteiger partial charge is 0.550 e. The SMILES string of the molecule is CC1CCC(NC(=O)N(CCCl)N=O)CC1.CCC(C(=O)[O-])C1CCC(C)C(C(C)C(O)C(C)C(=O)C(CC)C2OC3(C=CC(O)C4(CCC(C)(C5CCC(O)(CC)C(C)O5)O4)O3)C(C)CC2C)O1.[Na+]. The molecule has 5 heterocycles. The molecule has 0 aromatic heterocycles. The van der Waals surface area contributed by atoms with Crippen LogP contribution < -0.4 is 40.0 Å². The van der Waals surface area contributed by atoms with Gasteiger partial charge in [-0.15, -0.1) is 16.5 Å². The molecule has 70 heavy (non-hydrogen) atoms. The van der Waals surface area contributed by atoms with Gasteiger partial charge in [0.15, 0.2) is 5.79 Å². The third-order valence-corrected chi connectivity index (χ3v) is 17.6. The molecule has 5 aliphatic heterocycles. The van der Waals surface area contributed by atoms with E-state index < -0.39 is 89.0 Å². The average Bonchev–Trinajstić information content (AvgIpc) is 3.67. The number of carbonyl (C=O) groups excluding carboxylic acids is 3. The first-order chi connectivity index (χ1) is 32.5. The van der Waals surface area contributed by atoms with Gasteiger partial charge in [-0.05, 0) is 127 Å². The number of carboxylic acid groups (broad SMARTS) is 1. The zero-order chi connectivity index (χ0) is 51.2. The standard InChI is InChI=1S/C42H70O11.C10H18ClN3O2.Na/c1-11-29(38(46)47)31-15-14-23(4)36(50-31)27(8)34(44)26(7)35(45)30(12-2)37-24(5)22-25(6)41(51-37)19-16-32(43)42(53-41)21-20-39(10,52-42)33-17-18-40(48,13-3)28(9)49-33;1-8-2-4-9(5-3-8)12-10(15)14(13-16)7-6-11;/h16,19,23-34,36-37,43-44,48H,11-15,17-18,20-22H2,1-10H3,(H,46,47);8-9H,2-7H2,1H3,(H,12,15);/q;;+1/p-1. The van der Waals surface area contributed by atoms with E-state index in [1.54, 1.807) is 19.1 Å². The number of nitrogens with zero attached hydrogens (tertiary/aromatic N) is 2. The van der Waals surface area contributed by atoms with Gasteiger partial charge in [0, 0.05) is 53.9 Å². The quantitative estimate of drug-likeness (QED) is 0.0556. The molecular formula is C52H87ClN3NaO13. The van der Waals surface area contributed by atoms with Crippen LogP contribution in [0.1, 0.15) is 166 Å². The van der Waals surface area contributed by atoms with Crippen LogP contribution in [-0.4, -0.2) is 122 Å². The molecule has 0 aromatic carbocycles. The topological polar surface area (TPSA) is 226 Å². The first-order valence-electron chi connectivity index (χ1n) is 26.4. The molecule has 396 valence electrons. The number of aliphatic hydroxyl groups excluding tert-OH is 2. The summed E-state index contributed by atoms with van der Waals surface area (Å²) in [7, 11) is 0. The van der Waals surface area contributed by atoms with E-state index in [0.717, 1.165) is 43.0 Å². The predicted molar refractivity (Wildman–Crippen MR) is 259 cm³/mol. The first-order valence-corrected chi connectivity index (χ1v) is 26.9. The number of nitrogens with one attached hydrogen (secondary N) is 1. The fourth-order valence-corrected chi connectivity index (χ4v) is 12.5. The van der Waals surface area contributed by atoms with E-state index >= 15 is 0 Å². The van der Waals surface area contributed by atoms with Gasteiger partial charge in [-0.2, -0.15) is 5.01 Å². The Bertz CT molecular complexity index is 1760. The van der Waals surface area contributed by atoms with Crippen molar-refractivity contribution in [3.05, 3.63) is 17.1 Å². The van der Waals surface area contributed by atoms with Gasteiger partial charge in [0.2, 0.25) is 5.79 Å². The van der Waals surface area contributed by atoms with Crippen molar-refractivity contribution in [1.82, 2.24) is 10.3 Å². The summed E-state index contributed by atoms with van der Waals surface area (Å²) in [5.41, 5.74) is -1.64. The molecule has 4 saturated heterocycles. The largest absolute Gasteiger partial charge is 1.00 e. The van der Waals surface area contributed by atoms with E-state index in [1.807, 2.05) is 41.5 Å². The number of aliphatic carboxylic acids is 1. The predicted octanol–water partition coefficient (Wildman–Crippen LogP) is 4.35. The minimum atomic E-state index is -1.37. The molecule has 0 bridgehead atoms. The number of carbonyl (C=O) groups is 3. The molecule has 0 aromatic rings. The number of carboxylic acids is 1. The first kappa shape index (κ1) is 61.3. The summed E-state index contributed by atoms with van der Waals surface area (Å²) in [5.74, 6) is -5.29. The molecule has 18 atom stereocenters. The molecule has 16 nitrogen and oxygen atoms in total. The van der Waals surface area contributed by atoms with Gasteiger partial charge < -0.3 is 54.2 Å². The number of Topliss-reactive ketones (excluding diaryl/α,β-unsaturated/α-hetero) is 1. The van der Waals surface area contributed by atoms with Gasteiger partial charge in [0.25, 0.3) is 0 Å². The molecule has 4 N–H and O–H groups in total. The van der Waals surface area contributed by atoms with E-state index in [1.165, 1.54) is 0 Å². The zero-order valence-electron chi connectivity index (χ0n) is 44.4. The Hall–Kier alpha value is -1.28. The summed E-state index contributed by atoms with van der Waals surface area (Å²) in [6.45, 7) is 21.9. The van der Waals surface area contributed by atoms with Gasteiger partial charge in [-0.3, -0.25) is 4.79 Å². The summed E-state index contributed by atoms with van der Waals surface area (Å²) in [5, 5.41) is 52.3. The second-order valence-electron chi connectivity index (χ2n) is 22.2. The molecule has 6 rings (SSSR count). The van der Waals surface area contributed by atoms with Gasteiger partial charge in [0.1, 0.15) is 11.9 Å². The fraction of sp³-hybridized carbons (Fsp3) is 0.904. The van der Waals surface area contributed by atoms with E-state index in [0.29, 0.717) is 57.8 Å². The maximum atomic E-state index is 14.4. The molecule has 18 unspecified atom stereocenters. The molecule has 1 aliphatic carbocycles. The Morgan fingerprint density at radius 3 is 2.13 bits per heavy atom. The van der Waals surface area contributed by atoms with Crippen molar-refractivity contribution in [3.63, 3.8) is 0 Å². The maximum Gasteiger partial charge on any atom is 1.00 e. The molecule has 18 heteroatoms. The molecule has 1 saturated carbocycles. The Morgan fingerprint density at radius 1 is 0.900 bits per heavy atom. The Balaban J connectivity index is 0.000000533. The summed E-state index contributed by atoms with van der Waals surface area (Å²) in [6.07, 6.45) is 9.41. The molecule has 2 spiro atoms. The van der Waals surface area contributed by atoms with Gasteiger partial charge in [-0.1, -0.05) is 62.3 Å². The molecular weight excluding hydrogens is 933 g/mol. The van der Waals surface area contributed by atoms with Gasteiger partial charge in [-0.25, -0.2) is 4.79 Å². The van der Waals surface area contributed by atoms with E-state index in [2.05, 4.69) is 38.3 Å². The van der Waals surface area contributed by atoms with Gasteiger partial charge in [0.05, 0.1) is 59.7 Å². The Labute approximate surface area is 445 Å². The van der Waals surface area contributed by atoms with Crippen LogP contribution in [0.3, 0.4) is 0 Å². The van der Waals surface area contributed by atoms with E-state index in [4.69, 9.17) is 35.3 Å². The van der Waals surface area contributed by atoms with E-state index in [-0.39, 0.29) is 83.8 Å². The number of nitroso groups, excluding NO2 is 1. The monoisotopic (exact) mass is 1020 g/mol. The van der Waals surface area contributed by atoms with Gasteiger partial charge >= 0.3 is 35.6 Å². The molecule has 6 aliphatic rings.